The largest absolute Gasteiger partial charge is 0.333 e. The van der Waals surface area contributed by atoms with Crippen molar-refractivity contribution >= 4 is 0 Å². The fourth-order valence-electron chi connectivity index (χ4n) is 2.06. The molecule has 3 nitrogen and oxygen atoms in total. The number of fused-ring (bicyclic) bond motifs is 1. The van der Waals surface area contributed by atoms with Gasteiger partial charge in [-0.25, -0.2) is 4.98 Å². The van der Waals surface area contributed by atoms with Gasteiger partial charge in [0.2, 0.25) is 0 Å². The first-order valence-electron chi connectivity index (χ1n) is 5.64. The lowest BCUT2D eigenvalue weighted by molar-refractivity contribution is 0.513. The van der Waals surface area contributed by atoms with Crippen molar-refractivity contribution in [1.82, 2.24) is 14.9 Å². The molecule has 78 valence electrons. The van der Waals surface area contributed by atoms with Crippen molar-refractivity contribution in [3.8, 4) is 0 Å². The van der Waals surface area contributed by atoms with Crippen LogP contribution in [0.15, 0.2) is 6.20 Å². The van der Waals surface area contributed by atoms with E-state index >= 15 is 0 Å². The predicted molar refractivity (Wildman–Crippen MR) is 57.3 cm³/mol. The highest BCUT2D eigenvalue weighted by atomic mass is 15.1. The molecule has 0 amide bonds. The Kier molecular flexibility index (Phi) is 2.87. The van der Waals surface area contributed by atoms with Crippen LogP contribution in [0.3, 0.4) is 0 Å². The highest BCUT2D eigenvalue weighted by molar-refractivity contribution is 5.08. The van der Waals surface area contributed by atoms with Crippen molar-refractivity contribution in [2.45, 2.75) is 45.7 Å². The highest BCUT2D eigenvalue weighted by Crippen LogP contribution is 2.19. The summed E-state index contributed by atoms with van der Waals surface area (Å²) < 4.78 is 2.33. The SMILES string of the molecule is CCc1cn2c(n1)C(CC)NCCC2. The van der Waals surface area contributed by atoms with Gasteiger partial charge < -0.3 is 9.88 Å². The molecule has 1 aliphatic rings. The molecule has 1 aromatic rings. The van der Waals surface area contributed by atoms with Gasteiger partial charge in [-0.2, -0.15) is 0 Å². The van der Waals surface area contributed by atoms with Gasteiger partial charge in [0.25, 0.3) is 0 Å². The quantitative estimate of drug-likeness (QED) is 0.777. The highest BCUT2D eigenvalue weighted by Gasteiger charge is 2.18. The molecule has 0 bridgehead atoms. The summed E-state index contributed by atoms with van der Waals surface area (Å²) in [4.78, 5) is 4.68. The van der Waals surface area contributed by atoms with E-state index in [2.05, 4.69) is 34.9 Å². The zero-order chi connectivity index (χ0) is 9.97. The molecule has 3 heteroatoms. The van der Waals surface area contributed by atoms with E-state index in [1.807, 2.05) is 0 Å². The van der Waals surface area contributed by atoms with Crippen LogP contribution >= 0.6 is 0 Å². The zero-order valence-electron chi connectivity index (χ0n) is 9.08. The molecule has 0 spiro atoms. The van der Waals surface area contributed by atoms with Crippen LogP contribution in [-0.4, -0.2) is 16.1 Å². The Hall–Kier alpha value is -0.830. The van der Waals surface area contributed by atoms with E-state index in [1.54, 1.807) is 0 Å². The first-order valence-corrected chi connectivity index (χ1v) is 5.64. The first-order chi connectivity index (χ1) is 6.85. The van der Waals surface area contributed by atoms with Crippen molar-refractivity contribution in [2.75, 3.05) is 6.54 Å². The zero-order valence-corrected chi connectivity index (χ0v) is 9.08. The number of aromatic nitrogens is 2. The second-order valence-corrected chi connectivity index (χ2v) is 3.91. The van der Waals surface area contributed by atoms with Gasteiger partial charge in [0.15, 0.2) is 0 Å². The maximum Gasteiger partial charge on any atom is 0.126 e. The first kappa shape index (κ1) is 9.71. The summed E-state index contributed by atoms with van der Waals surface area (Å²) in [6.45, 7) is 6.61. The van der Waals surface area contributed by atoms with Crippen LogP contribution in [0.4, 0.5) is 0 Å². The Morgan fingerprint density at radius 2 is 2.43 bits per heavy atom. The molecular weight excluding hydrogens is 174 g/mol. The summed E-state index contributed by atoms with van der Waals surface area (Å²) in [6, 6.07) is 0.456. The minimum atomic E-state index is 0.456. The van der Waals surface area contributed by atoms with Gasteiger partial charge in [-0.05, 0) is 25.8 Å². The molecule has 0 saturated carbocycles. The number of imidazole rings is 1. The monoisotopic (exact) mass is 193 g/mol. The summed E-state index contributed by atoms with van der Waals surface area (Å²) in [5, 5.41) is 3.54. The van der Waals surface area contributed by atoms with E-state index in [1.165, 1.54) is 17.9 Å². The average Bonchev–Trinajstić information content (AvgIpc) is 2.53. The molecule has 0 fully saturated rings. The Balaban J connectivity index is 2.32. The Bertz CT molecular complexity index is 303. The second-order valence-electron chi connectivity index (χ2n) is 3.91. The Morgan fingerprint density at radius 1 is 1.57 bits per heavy atom. The van der Waals surface area contributed by atoms with Gasteiger partial charge >= 0.3 is 0 Å². The lowest BCUT2D eigenvalue weighted by Crippen LogP contribution is -2.21. The van der Waals surface area contributed by atoms with Crippen LogP contribution in [-0.2, 0) is 13.0 Å². The van der Waals surface area contributed by atoms with Crippen molar-refractivity contribution < 1.29 is 0 Å². The van der Waals surface area contributed by atoms with Crippen molar-refractivity contribution in [3.05, 3.63) is 17.7 Å². The lowest BCUT2D eigenvalue weighted by atomic mass is 10.2. The van der Waals surface area contributed by atoms with Gasteiger partial charge in [-0.3, -0.25) is 0 Å². The van der Waals surface area contributed by atoms with Crippen molar-refractivity contribution in [1.29, 1.82) is 0 Å². The van der Waals surface area contributed by atoms with E-state index in [9.17, 15) is 0 Å². The predicted octanol–water partition coefficient (Wildman–Crippen LogP) is 1.89. The molecule has 0 aromatic carbocycles. The van der Waals surface area contributed by atoms with Gasteiger partial charge in [0.1, 0.15) is 5.82 Å². The summed E-state index contributed by atoms with van der Waals surface area (Å²) in [7, 11) is 0. The van der Waals surface area contributed by atoms with E-state index in [0.717, 1.165) is 25.9 Å². The molecule has 0 radical (unpaired) electrons. The number of hydrogen-bond acceptors (Lipinski definition) is 2. The summed E-state index contributed by atoms with van der Waals surface area (Å²) in [5.74, 6) is 1.24. The van der Waals surface area contributed by atoms with Crippen LogP contribution in [0.2, 0.25) is 0 Å². The molecule has 1 atom stereocenters. The average molecular weight is 193 g/mol. The number of rotatable bonds is 2. The molecular formula is C11H19N3. The van der Waals surface area contributed by atoms with Gasteiger partial charge in [-0.1, -0.05) is 13.8 Å². The minimum Gasteiger partial charge on any atom is -0.333 e. The summed E-state index contributed by atoms with van der Waals surface area (Å²) in [5.41, 5.74) is 1.22. The molecule has 1 aromatic heterocycles. The third-order valence-corrected chi connectivity index (χ3v) is 2.91. The topological polar surface area (TPSA) is 29.9 Å². The number of hydrogen-bond donors (Lipinski definition) is 1. The van der Waals surface area contributed by atoms with Crippen LogP contribution in [0, 0.1) is 0 Å². The van der Waals surface area contributed by atoms with E-state index in [0.29, 0.717) is 6.04 Å². The minimum absolute atomic E-state index is 0.456. The molecule has 2 heterocycles. The Morgan fingerprint density at radius 3 is 3.14 bits per heavy atom. The maximum absolute atomic E-state index is 4.68. The van der Waals surface area contributed by atoms with Crippen LogP contribution in [0.1, 0.15) is 44.2 Å². The normalized spacial score (nSPS) is 21.7. The molecule has 0 aliphatic carbocycles. The van der Waals surface area contributed by atoms with Gasteiger partial charge in [-0.15, -0.1) is 0 Å². The molecule has 2 rings (SSSR count). The third kappa shape index (κ3) is 1.69. The second kappa shape index (κ2) is 4.13. The van der Waals surface area contributed by atoms with Crippen LogP contribution in [0.5, 0.6) is 0 Å². The molecule has 1 aliphatic heterocycles. The summed E-state index contributed by atoms with van der Waals surface area (Å²) in [6.07, 6.45) is 5.59. The van der Waals surface area contributed by atoms with E-state index in [4.69, 9.17) is 0 Å². The van der Waals surface area contributed by atoms with Crippen molar-refractivity contribution in [3.63, 3.8) is 0 Å². The number of nitrogens with zero attached hydrogens (tertiary/aromatic N) is 2. The molecule has 0 saturated heterocycles. The number of nitrogens with one attached hydrogen (secondary N) is 1. The smallest absolute Gasteiger partial charge is 0.126 e. The number of aryl methyl sites for hydroxylation is 2. The fraction of sp³-hybridized carbons (Fsp3) is 0.727. The Labute approximate surface area is 85.5 Å². The van der Waals surface area contributed by atoms with Crippen LogP contribution in [0.25, 0.3) is 0 Å². The summed E-state index contributed by atoms with van der Waals surface area (Å²) >= 11 is 0. The fourth-order valence-corrected chi connectivity index (χ4v) is 2.06. The molecule has 1 unspecified atom stereocenters. The van der Waals surface area contributed by atoms with Crippen molar-refractivity contribution in [2.24, 2.45) is 0 Å². The van der Waals surface area contributed by atoms with Gasteiger partial charge in [0.05, 0.1) is 11.7 Å². The van der Waals surface area contributed by atoms with Crippen LogP contribution < -0.4 is 5.32 Å². The standard InChI is InChI=1S/C11H19N3/c1-3-9-8-14-7-5-6-12-10(4-2)11(14)13-9/h8,10,12H,3-7H2,1-2H3. The van der Waals surface area contributed by atoms with E-state index < -0.39 is 0 Å². The molecule has 1 N–H and O–H groups in total. The van der Waals surface area contributed by atoms with E-state index in [-0.39, 0.29) is 0 Å². The lowest BCUT2D eigenvalue weighted by Gasteiger charge is -2.12. The van der Waals surface area contributed by atoms with Gasteiger partial charge in [0, 0.05) is 12.7 Å². The third-order valence-electron chi connectivity index (χ3n) is 2.91. The molecule has 14 heavy (non-hydrogen) atoms. The maximum atomic E-state index is 4.68.